The van der Waals surface area contributed by atoms with Crippen molar-refractivity contribution in [2.45, 2.75) is 97.9 Å². The molecule has 34 heavy (non-hydrogen) atoms. The van der Waals surface area contributed by atoms with Crippen molar-refractivity contribution >= 4 is 5.78 Å². The van der Waals surface area contributed by atoms with E-state index in [1.165, 1.54) is 5.57 Å². The molecule has 0 amide bonds. The molecule has 0 aromatic heterocycles. The van der Waals surface area contributed by atoms with Crippen LogP contribution in [0.1, 0.15) is 79.6 Å². The largest absolute Gasteiger partial charge is 0.393 e. The van der Waals surface area contributed by atoms with Gasteiger partial charge in [0.25, 0.3) is 0 Å². The minimum absolute atomic E-state index is 0.0434. The molecule has 192 valence electrons. The van der Waals surface area contributed by atoms with E-state index in [9.17, 15) is 25.2 Å². The van der Waals surface area contributed by atoms with Gasteiger partial charge in [0, 0.05) is 17.8 Å². The number of hydrogen-bond acceptors (Lipinski definition) is 5. The number of aliphatic hydroxyl groups is 4. The fraction of sp³-hybridized carbons (Fsp3) is 0.828. The van der Waals surface area contributed by atoms with Gasteiger partial charge in [-0.25, -0.2) is 0 Å². The van der Waals surface area contributed by atoms with E-state index >= 15 is 0 Å². The van der Waals surface area contributed by atoms with E-state index in [2.05, 4.69) is 34.6 Å². The number of carbonyl (C=O) groups excluding carboxylic acids is 1. The van der Waals surface area contributed by atoms with E-state index in [0.717, 1.165) is 24.8 Å². The molecule has 3 unspecified atom stereocenters. The summed E-state index contributed by atoms with van der Waals surface area (Å²) in [7, 11) is 0. The zero-order valence-electron chi connectivity index (χ0n) is 21.7. The van der Waals surface area contributed by atoms with E-state index in [0.29, 0.717) is 37.5 Å². The van der Waals surface area contributed by atoms with Crippen LogP contribution in [0, 0.1) is 46.3 Å². The second kappa shape index (κ2) is 9.46. The third-order valence-electron chi connectivity index (χ3n) is 10.6. The Hall–Kier alpha value is -1.01. The Balaban J connectivity index is 1.61. The molecule has 3 saturated carbocycles. The zero-order chi connectivity index (χ0) is 25.0. The standard InChI is InChI=1S/C29H46O5/c1-16(2)18(9-11-30)7-6-17(3)21-14-23(33)26-25-22(32)13-19-12-20(31)8-10-28(19,4)27(25)24(34)15-29(21,26)5/h9,13,16-17,20-21,23-27,30-31,33-34H,6-8,10-12,14-15H2,1-5H3/b18-9-/t17-,20?,21-,23?,24?,25+,26+,27+,28+,29-/m1/s1. The SMILES string of the molecule is CC(C)/C(=C\CO)CC[C@@H](C)[C@H]1CC(O)[C@H]2[C@@H]3C(=O)C=C4CC(O)CC[C@]4(C)[C@H]3C(O)C[C@]12C. The molecule has 0 aliphatic heterocycles. The Morgan fingerprint density at radius 2 is 1.85 bits per heavy atom. The lowest BCUT2D eigenvalue weighted by molar-refractivity contribution is -0.161. The summed E-state index contributed by atoms with van der Waals surface area (Å²) in [6.07, 6.45) is 7.34. The van der Waals surface area contributed by atoms with Crippen LogP contribution in [0.5, 0.6) is 0 Å². The number of aliphatic hydroxyl groups excluding tert-OH is 4. The number of hydrogen-bond donors (Lipinski definition) is 4. The molecule has 0 bridgehead atoms. The predicted molar refractivity (Wildman–Crippen MR) is 133 cm³/mol. The van der Waals surface area contributed by atoms with Crippen LogP contribution in [0.2, 0.25) is 0 Å². The van der Waals surface area contributed by atoms with Gasteiger partial charge in [-0.2, -0.15) is 0 Å². The van der Waals surface area contributed by atoms with Gasteiger partial charge in [-0.3, -0.25) is 4.79 Å². The maximum absolute atomic E-state index is 13.5. The maximum Gasteiger partial charge on any atom is 0.159 e. The van der Waals surface area contributed by atoms with Gasteiger partial charge >= 0.3 is 0 Å². The molecule has 4 aliphatic rings. The van der Waals surface area contributed by atoms with Gasteiger partial charge in [-0.05, 0) is 79.6 Å². The van der Waals surface area contributed by atoms with E-state index in [-0.39, 0.29) is 46.9 Å². The van der Waals surface area contributed by atoms with E-state index in [1.807, 2.05) is 6.08 Å². The van der Waals surface area contributed by atoms with Gasteiger partial charge in [0.1, 0.15) is 0 Å². The van der Waals surface area contributed by atoms with Gasteiger partial charge < -0.3 is 20.4 Å². The smallest absolute Gasteiger partial charge is 0.159 e. The summed E-state index contributed by atoms with van der Waals surface area (Å²) in [5.41, 5.74) is 1.69. The normalized spacial score (nSPS) is 45.5. The van der Waals surface area contributed by atoms with E-state index < -0.39 is 18.3 Å². The third kappa shape index (κ3) is 4.15. The molecule has 0 radical (unpaired) electrons. The van der Waals surface area contributed by atoms with E-state index in [4.69, 9.17) is 0 Å². The molecule has 4 N–H and O–H groups in total. The Labute approximate surface area is 205 Å². The van der Waals surface area contributed by atoms with Gasteiger partial charge in [-0.15, -0.1) is 0 Å². The summed E-state index contributed by atoms with van der Waals surface area (Å²) >= 11 is 0. The van der Waals surface area contributed by atoms with Crippen LogP contribution in [-0.4, -0.2) is 51.1 Å². The summed E-state index contributed by atoms with van der Waals surface area (Å²) in [5, 5.41) is 42.6. The fourth-order valence-electron chi connectivity index (χ4n) is 8.82. The minimum Gasteiger partial charge on any atom is -0.393 e. The average molecular weight is 475 g/mol. The highest BCUT2D eigenvalue weighted by Crippen LogP contribution is 2.66. The van der Waals surface area contributed by atoms with Crippen LogP contribution in [0.4, 0.5) is 0 Å². The lowest BCUT2D eigenvalue weighted by Crippen LogP contribution is -2.60. The Kier molecular flexibility index (Phi) is 7.25. The second-order valence-electron chi connectivity index (χ2n) is 12.8. The Bertz CT molecular complexity index is 845. The highest BCUT2D eigenvalue weighted by atomic mass is 16.3. The highest BCUT2D eigenvalue weighted by molar-refractivity contribution is 5.94. The number of rotatable bonds is 6. The summed E-state index contributed by atoms with van der Waals surface area (Å²) in [5.74, 6) is 0.343. The number of allylic oxidation sites excluding steroid dienone is 2. The monoisotopic (exact) mass is 474 g/mol. The quantitative estimate of drug-likeness (QED) is 0.436. The first-order chi connectivity index (χ1) is 15.9. The molecule has 5 nitrogen and oxygen atoms in total. The molecule has 5 heteroatoms. The predicted octanol–water partition coefficient (Wildman–Crippen LogP) is 4.04. The number of carbonyl (C=O) groups is 1. The Morgan fingerprint density at radius 1 is 1.15 bits per heavy atom. The second-order valence-corrected chi connectivity index (χ2v) is 12.8. The molecule has 4 rings (SSSR count). The summed E-state index contributed by atoms with van der Waals surface area (Å²) in [6, 6.07) is 0. The fourth-order valence-corrected chi connectivity index (χ4v) is 8.82. The van der Waals surface area contributed by atoms with Crippen LogP contribution in [-0.2, 0) is 4.79 Å². The molecule has 0 aromatic rings. The van der Waals surface area contributed by atoms with Crippen molar-refractivity contribution in [1.82, 2.24) is 0 Å². The molecule has 10 atom stereocenters. The first kappa shape index (κ1) is 26.1. The van der Waals surface area contributed by atoms with Gasteiger partial charge in [-0.1, -0.05) is 51.8 Å². The van der Waals surface area contributed by atoms with Gasteiger partial charge in [0.2, 0.25) is 0 Å². The van der Waals surface area contributed by atoms with Crippen molar-refractivity contribution in [3.8, 4) is 0 Å². The van der Waals surface area contributed by atoms with Crippen molar-refractivity contribution in [1.29, 1.82) is 0 Å². The molecular weight excluding hydrogens is 428 g/mol. The van der Waals surface area contributed by atoms with Crippen molar-refractivity contribution < 1.29 is 25.2 Å². The van der Waals surface area contributed by atoms with Gasteiger partial charge in [0.15, 0.2) is 5.78 Å². The van der Waals surface area contributed by atoms with Crippen molar-refractivity contribution in [2.75, 3.05) is 6.61 Å². The highest BCUT2D eigenvalue weighted by Gasteiger charge is 2.66. The third-order valence-corrected chi connectivity index (χ3v) is 10.6. The van der Waals surface area contributed by atoms with Crippen molar-refractivity contribution in [3.05, 3.63) is 23.3 Å². The zero-order valence-corrected chi connectivity index (χ0v) is 21.7. The van der Waals surface area contributed by atoms with Crippen molar-refractivity contribution in [2.24, 2.45) is 46.3 Å². The minimum atomic E-state index is -0.584. The molecule has 0 saturated heterocycles. The van der Waals surface area contributed by atoms with Crippen LogP contribution >= 0.6 is 0 Å². The molecular formula is C29H46O5. The van der Waals surface area contributed by atoms with Crippen LogP contribution in [0.15, 0.2) is 23.3 Å². The lowest BCUT2D eigenvalue weighted by atomic mass is 9.45. The topological polar surface area (TPSA) is 98.0 Å². The molecule has 0 aromatic carbocycles. The van der Waals surface area contributed by atoms with Gasteiger partial charge in [0.05, 0.1) is 24.9 Å². The van der Waals surface area contributed by atoms with Crippen LogP contribution in [0.3, 0.4) is 0 Å². The van der Waals surface area contributed by atoms with Crippen LogP contribution < -0.4 is 0 Å². The Morgan fingerprint density at radius 3 is 2.50 bits per heavy atom. The first-order valence-electron chi connectivity index (χ1n) is 13.5. The number of ketones is 1. The van der Waals surface area contributed by atoms with E-state index in [1.54, 1.807) is 6.08 Å². The summed E-state index contributed by atoms with van der Waals surface area (Å²) < 4.78 is 0. The maximum atomic E-state index is 13.5. The summed E-state index contributed by atoms with van der Waals surface area (Å²) in [6.45, 7) is 11.0. The lowest BCUT2D eigenvalue weighted by Gasteiger charge is -2.59. The molecule has 0 spiro atoms. The molecule has 3 fully saturated rings. The van der Waals surface area contributed by atoms with Crippen LogP contribution in [0.25, 0.3) is 0 Å². The average Bonchev–Trinajstić information content (AvgIpc) is 3.01. The first-order valence-corrected chi connectivity index (χ1v) is 13.5. The number of fused-ring (bicyclic) bond motifs is 5. The molecule has 0 heterocycles. The summed E-state index contributed by atoms with van der Waals surface area (Å²) in [4.78, 5) is 13.5. The molecule has 4 aliphatic carbocycles. The van der Waals surface area contributed by atoms with Crippen molar-refractivity contribution in [3.63, 3.8) is 0 Å².